The molecule has 0 bridgehead atoms. The molecule has 0 aromatic carbocycles. The maximum atomic E-state index is 4.54. The first kappa shape index (κ1) is 12.8. The lowest BCUT2D eigenvalue weighted by Gasteiger charge is -2.11. The standard InChI is InChI=1S/C14H20N4/c1-10(2)13-6-8-18(17-13)14-9-12(5-7-16-14)11(3)15-4/h5-11,15H,1-4H3. The Morgan fingerprint density at radius 3 is 2.61 bits per heavy atom. The van der Waals surface area contributed by atoms with Crippen LogP contribution in [0.3, 0.4) is 0 Å². The van der Waals surface area contributed by atoms with Gasteiger partial charge in [0.1, 0.15) is 0 Å². The minimum absolute atomic E-state index is 0.312. The summed E-state index contributed by atoms with van der Waals surface area (Å²) in [7, 11) is 1.95. The normalized spacial score (nSPS) is 12.9. The summed E-state index contributed by atoms with van der Waals surface area (Å²) in [5, 5.41) is 7.77. The van der Waals surface area contributed by atoms with Gasteiger partial charge in [-0.1, -0.05) is 13.8 Å². The average molecular weight is 244 g/mol. The molecule has 2 rings (SSSR count). The maximum absolute atomic E-state index is 4.54. The number of hydrogen-bond donors (Lipinski definition) is 1. The first-order valence-corrected chi connectivity index (χ1v) is 6.31. The number of hydrogen-bond acceptors (Lipinski definition) is 3. The summed E-state index contributed by atoms with van der Waals surface area (Å²) in [4.78, 5) is 4.37. The van der Waals surface area contributed by atoms with Crippen LogP contribution >= 0.6 is 0 Å². The van der Waals surface area contributed by atoms with Crippen LogP contribution in [0.2, 0.25) is 0 Å². The Morgan fingerprint density at radius 1 is 1.22 bits per heavy atom. The summed E-state index contributed by atoms with van der Waals surface area (Å²) in [6.45, 7) is 6.40. The lowest BCUT2D eigenvalue weighted by Crippen LogP contribution is -2.13. The van der Waals surface area contributed by atoms with Gasteiger partial charge in [-0.05, 0) is 43.7 Å². The van der Waals surface area contributed by atoms with Crippen LogP contribution in [0.25, 0.3) is 5.82 Å². The Hall–Kier alpha value is -1.68. The summed E-state index contributed by atoms with van der Waals surface area (Å²) in [5.74, 6) is 1.30. The average Bonchev–Trinajstić information content (AvgIpc) is 2.88. The third-order valence-corrected chi connectivity index (χ3v) is 3.14. The maximum Gasteiger partial charge on any atom is 0.153 e. The van der Waals surface area contributed by atoms with E-state index >= 15 is 0 Å². The van der Waals surface area contributed by atoms with Crippen molar-refractivity contribution in [3.05, 3.63) is 41.9 Å². The van der Waals surface area contributed by atoms with Crippen molar-refractivity contribution in [2.75, 3.05) is 7.05 Å². The second-order valence-electron chi connectivity index (χ2n) is 4.80. The van der Waals surface area contributed by atoms with E-state index in [4.69, 9.17) is 0 Å². The van der Waals surface area contributed by atoms with Gasteiger partial charge in [0, 0.05) is 18.4 Å². The molecular weight excluding hydrogens is 224 g/mol. The number of pyridine rings is 1. The van der Waals surface area contributed by atoms with Crippen LogP contribution in [-0.4, -0.2) is 21.8 Å². The van der Waals surface area contributed by atoms with Crippen molar-refractivity contribution in [1.82, 2.24) is 20.1 Å². The lowest BCUT2D eigenvalue weighted by molar-refractivity contribution is 0.649. The molecular formula is C14H20N4. The molecule has 0 spiro atoms. The fraction of sp³-hybridized carbons (Fsp3) is 0.429. The molecule has 2 aromatic heterocycles. The molecule has 1 N–H and O–H groups in total. The molecule has 1 atom stereocenters. The van der Waals surface area contributed by atoms with E-state index in [1.165, 1.54) is 5.56 Å². The highest BCUT2D eigenvalue weighted by molar-refractivity contribution is 5.29. The van der Waals surface area contributed by atoms with E-state index in [0.29, 0.717) is 12.0 Å². The van der Waals surface area contributed by atoms with Crippen molar-refractivity contribution in [3.63, 3.8) is 0 Å². The van der Waals surface area contributed by atoms with Gasteiger partial charge in [-0.15, -0.1) is 0 Å². The molecule has 0 aliphatic heterocycles. The van der Waals surface area contributed by atoms with Gasteiger partial charge in [0.05, 0.1) is 5.69 Å². The van der Waals surface area contributed by atoms with Gasteiger partial charge >= 0.3 is 0 Å². The summed E-state index contributed by atoms with van der Waals surface area (Å²) in [6, 6.07) is 6.45. The van der Waals surface area contributed by atoms with E-state index < -0.39 is 0 Å². The first-order chi connectivity index (χ1) is 8.61. The van der Waals surface area contributed by atoms with Gasteiger partial charge in [0.2, 0.25) is 0 Å². The first-order valence-electron chi connectivity index (χ1n) is 6.31. The molecule has 0 saturated heterocycles. The van der Waals surface area contributed by atoms with E-state index in [9.17, 15) is 0 Å². The Bertz CT molecular complexity index is 516. The molecule has 2 heterocycles. The fourth-order valence-corrected chi connectivity index (χ4v) is 1.77. The van der Waals surface area contributed by atoms with E-state index in [0.717, 1.165) is 11.5 Å². The highest BCUT2D eigenvalue weighted by atomic mass is 15.3. The van der Waals surface area contributed by atoms with Gasteiger partial charge in [-0.3, -0.25) is 0 Å². The SMILES string of the molecule is CNC(C)c1ccnc(-n2ccc(C(C)C)n2)c1. The van der Waals surface area contributed by atoms with Crippen molar-refractivity contribution in [2.45, 2.75) is 32.7 Å². The Morgan fingerprint density at radius 2 is 2.00 bits per heavy atom. The van der Waals surface area contributed by atoms with Crippen LogP contribution in [0.4, 0.5) is 0 Å². The van der Waals surface area contributed by atoms with Crippen molar-refractivity contribution in [2.24, 2.45) is 0 Å². The minimum Gasteiger partial charge on any atom is -0.313 e. The topological polar surface area (TPSA) is 42.7 Å². The highest BCUT2D eigenvalue weighted by Crippen LogP contribution is 2.16. The number of rotatable bonds is 4. The van der Waals surface area contributed by atoms with Crippen LogP contribution in [0, 0.1) is 0 Å². The van der Waals surface area contributed by atoms with Crippen LogP contribution in [0.1, 0.15) is 44.0 Å². The Labute approximate surface area is 108 Å². The fourth-order valence-electron chi connectivity index (χ4n) is 1.77. The molecule has 2 aromatic rings. The molecule has 0 saturated carbocycles. The predicted molar refractivity (Wildman–Crippen MR) is 72.9 cm³/mol. The second-order valence-corrected chi connectivity index (χ2v) is 4.80. The molecule has 0 amide bonds. The summed E-state index contributed by atoms with van der Waals surface area (Å²) < 4.78 is 1.83. The van der Waals surface area contributed by atoms with Crippen molar-refractivity contribution < 1.29 is 0 Å². The number of nitrogens with one attached hydrogen (secondary N) is 1. The van der Waals surface area contributed by atoms with Gasteiger partial charge in [0.15, 0.2) is 5.82 Å². The summed E-state index contributed by atoms with van der Waals surface area (Å²) in [6.07, 6.45) is 3.79. The van der Waals surface area contributed by atoms with Crippen molar-refractivity contribution >= 4 is 0 Å². The molecule has 4 heteroatoms. The highest BCUT2D eigenvalue weighted by Gasteiger charge is 2.08. The lowest BCUT2D eigenvalue weighted by atomic mass is 10.1. The monoisotopic (exact) mass is 244 g/mol. The van der Waals surface area contributed by atoms with Crippen LogP contribution in [-0.2, 0) is 0 Å². The molecule has 0 aliphatic rings. The largest absolute Gasteiger partial charge is 0.313 e. The van der Waals surface area contributed by atoms with E-state index in [-0.39, 0.29) is 0 Å². The summed E-state index contributed by atoms with van der Waals surface area (Å²) >= 11 is 0. The van der Waals surface area contributed by atoms with E-state index in [2.05, 4.69) is 42.2 Å². The molecule has 18 heavy (non-hydrogen) atoms. The third-order valence-electron chi connectivity index (χ3n) is 3.14. The van der Waals surface area contributed by atoms with Crippen LogP contribution in [0.5, 0.6) is 0 Å². The zero-order valence-electron chi connectivity index (χ0n) is 11.4. The Balaban J connectivity index is 2.32. The van der Waals surface area contributed by atoms with Crippen molar-refractivity contribution in [3.8, 4) is 5.82 Å². The van der Waals surface area contributed by atoms with Gasteiger partial charge in [-0.25, -0.2) is 9.67 Å². The van der Waals surface area contributed by atoms with Gasteiger partial charge < -0.3 is 5.32 Å². The smallest absolute Gasteiger partial charge is 0.153 e. The second kappa shape index (κ2) is 5.31. The molecule has 0 aliphatic carbocycles. The van der Waals surface area contributed by atoms with Crippen LogP contribution in [0.15, 0.2) is 30.6 Å². The molecule has 4 nitrogen and oxygen atoms in total. The van der Waals surface area contributed by atoms with E-state index in [1.807, 2.05) is 36.3 Å². The third kappa shape index (κ3) is 2.59. The zero-order valence-corrected chi connectivity index (χ0v) is 11.4. The predicted octanol–water partition coefficient (Wildman–Crippen LogP) is 2.67. The zero-order chi connectivity index (χ0) is 13.1. The molecule has 0 fully saturated rings. The minimum atomic E-state index is 0.312. The number of aromatic nitrogens is 3. The quantitative estimate of drug-likeness (QED) is 0.899. The molecule has 0 radical (unpaired) electrons. The summed E-state index contributed by atoms with van der Waals surface area (Å²) in [5.41, 5.74) is 2.30. The van der Waals surface area contributed by atoms with Crippen LogP contribution < -0.4 is 5.32 Å². The number of nitrogens with zero attached hydrogens (tertiary/aromatic N) is 3. The van der Waals surface area contributed by atoms with Gasteiger partial charge in [-0.2, -0.15) is 5.10 Å². The van der Waals surface area contributed by atoms with Crippen molar-refractivity contribution in [1.29, 1.82) is 0 Å². The van der Waals surface area contributed by atoms with E-state index in [1.54, 1.807) is 0 Å². The molecule has 1 unspecified atom stereocenters. The molecule has 96 valence electrons. The van der Waals surface area contributed by atoms with Gasteiger partial charge in [0.25, 0.3) is 0 Å². The Kier molecular flexibility index (Phi) is 3.77.